The minimum Gasteiger partial charge on any atom is -0.380 e. The Balaban J connectivity index is 0.00000289. The van der Waals surface area contributed by atoms with E-state index in [1.807, 2.05) is 0 Å². The molecule has 1 fully saturated rings. The van der Waals surface area contributed by atoms with Crippen molar-refractivity contribution >= 4 is 18.3 Å². The van der Waals surface area contributed by atoms with E-state index in [4.69, 9.17) is 10.5 Å². The molecule has 0 aromatic carbocycles. The maximum Gasteiger partial charge on any atom is 0.222 e. The third kappa shape index (κ3) is 6.03. The molecule has 108 valence electrons. The van der Waals surface area contributed by atoms with Crippen LogP contribution in [0.25, 0.3) is 0 Å². The van der Waals surface area contributed by atoms with Crippen LogP contribution in [0, 0.1) is 5.41 Å². The van der Waals surface area contributed by atoms with Gasteiger partial charge in [0.1, 0.15) is 0 Å². The fourth-order valence-electron chi connectivity index (χ4n) is 2.30. The molecular formula is C13H27ClN2O2. The molecule has 0 aromatic heterocycles. The molecule has 1 atom stereocenters. The van der Waals surface area contributed by atoms with Crippen LogP contribution >= 0.6 is 12.4 Å². The molecule has 1 aliphatic rings. The lowest BCUT2D eigenvalue weighted by molar-refractivity contribution is -0.124. The minimum absolute atomic E-state index is 0. The second-order valence-electron chi connectivity index (χ2n) is 5.80. The van der Waals surface area contributed by atoms with Gasteiger partial charge in [-0.25, -0.2) is 0 Å². The zero-order valence-corrected chi connectivity index (χ0v) is 12.5. The van der Waals surface area contributed by atoms with Gasteiger partial charge >= 0.3 is 0 Å². The summed E-state index contributed by atoms with van der Waals surface area (Å²) in [5.41, 5.74) is 5.93. The second kappa shape index (κ2) is 7.97. The van der Waals surface area contributed by atoms with Gasteiger partial charge in [-0.1, -0.05) is 13.8 Å². The molecule has 0 radical (unpaired) electrons. The molecule has 18 heavy (non-hydrogen) atoms. The smallest absolute Gasteiger partial charge is 0.222 e. The minimum atomic E-state index is -0.157. The first-order chi connectivity index (χ1) is 7.96. The fraction of sp³-hybridized carbons (Fsp3) is 0.923. The lowest BCUT2D eigenvalue weighted by Crippen LogP contribution is -2.41. The van der Waals surface area contributed by atoms with Crippen LogP contribution in [0.4, 0.5) is 0 Å². The van der Waals surface area contributed by atoms with E-state index < -0.39 is 0 Å². The molecule has 1 amide bonds. The summed E-state index contributed by atoms with van der Waals surface area (Å²) in [6.45, 7) is 4.97. The Kier molecular flexibility index (Phi) is 7.83. The van der Waals surface area contributed by atoms with E-state index in [-0.39, 0.29) is 24.4 Å². The molecule has 4 nitrogen and oxygen atoms in total. The number of ether oxygens (including phenoxy) is 1. The summed E-state index contributed by atoms with van der Waals surface area (Å²) in [6, 6.07) is 0.339. The van der Waals surface area contributed by atoms with Crippen LogP contribution in [-0.2, 0) is 9.53 Å². The summed E-state index contributed by atoms with van der Waals surface area (Å²) in [4.78, 5) is 11.8. The van der Waals surface area contributed by atoms with E-state index in [2.05, 4.69) is 19.2 Å². The highest BCUT2D eigenvalue weighted by atomic mass is 35.5. The van der Waals surface area contributed by atoms with Crippen LogP contribution in [-0.4, -0.2) is 31.7 Å². The van der Waals surface area contributed by atoms with Crippen molar-refractivity contribution in [2.45, 2.75) is 58.1 Å². The van der Waals surface area contributed by atoms with Gasteiger partial charge in [0.15, 0.2) is 0 Å². The van der Waals surface area contributed by atoms with Gasteiger partial charge in [-0.15, -0.1) is 12.4 Å². The zero-order valence-electron chi connectivity index (χ0n) is 11.7. The van der Waals surface area contributed by atoms with Crippen LogP contribution in [0.5, 0.6) is 0 Å². The van der Waals surface area contributed by atoms with Gasteiger partial charge in [-0.05, 0) is 31.1 Å². The normalized spacial score (nSPS) is 20.9. The van der Waals surface area contributed by atoms with Crippen LogP contribution in [0.15, 0.2) is 0 Å². The van der Waals surface area contributed by atoms with Gasteiger partial charge in [-0.2, -0.15) is 0 Å². The van der Waals surface area contributed by atoms with Crippen molar-refractivity contribution in [2.75, 3.05) is 13.7 Å². The van der Waals surface area contributed by atoms with Crippen molar-refractivity contribution in [3.8, 4) is 0 Å². The number of halogens is 1. The predicted octanol–water partition coefficient (Wildman–Crippen LogP) is 1.86. The number of methoxy groups -OCH3 is 1. The number of carbonyl (C=O) groups excluding carboxylic acids is 1. The summed E-state index contributed by atoms with van der Waals surface area (Å²) >= 11 is 0. The Hall–Kier alpha value is -0.320. The number of nitrogens with one attached hydrogen (secondary N) is 1. The van der Waals surface area contributed by atoms with Gasteiger partial charge < -0.3 is 15.8 Å². The van der Waals surface area contributed by atoms with Crippen molar-refractivity contribution in [1.29, 1.82) is 0 Å². The number of rotatable bonds is 5. The Morgan fingerprint density at radius 3 is 2.44 bits per heavy atom. The quantitative estimate of drug-likeness (QED) is 0.807. The van der Waals surface area contributed by atoms with Gasteiger partial charge in [0.05, 0.1) is 12.5 Å². The molecule has 0 spiro atoms. The number of hydrogen-bond donors (Lipinski definition) is 2. The molecule has 0 saturated heterocycles. The third-order valence-electron chi connectivity index (χ3n) is 3.71. The van der Waals surface area contributed by atoms with Gasteiger partial charge in [0, 0.05) is 19.7 Å². The van der Waals surface area contributed by atoms with Crippen molar-refractivity contribution in [1.82, 2.24) is 5.32 Å². The van der Waals surface area contributed by atoms with Crippen LogP contribution in [0.2, 0.25) is 0 Å². The molecule has 3 N–H and O–H groups in total. The largest absolute Gasteiger partial charge is 0.380 e. The summed E-state index contributed by atoms with van der Waals surface area (Å²) < 4.78 is 5.11. The monoisotopic (exact) mass is 278 g/mol. The Labute approximate surface area is 116 Å². The van der Waals surface area contributed by atoms with E-state index in [1.165, 1.54) is 12.8 Å². The first-order valence-corrected chi connectivity index (χ1v) is 6.49. The maximum absolute atomic E-state index is 11.8. The maximum atomic E-state index is 11.8. The SMILES string of the molecule is COC(CN)CC(=O)NC1CCC(C)(C)CC1.Cl. The molecule has 1 saturated carbocycles. The van der Waals surface area contributed by atoms with Gasteiger partial charge in [0.2, 0.25) is 5.91 Å². The summed E-state index contributed by atoms with van der Waals surface area (Å²) in [6.07, 6.45) is 4.74. The second-order valence-corrected chi connectivity index (χ2v) is 5.80. The molecular weight excluding hydrogens is 252 g/mol. The first-order valence-electron chi connectivity index (χ1n) is 6.49. The highest BCUT2D eigenvalue weighted by Crippen LogP contribution is 2.34. The summed E-state index contributed by atoms with van der Waals surface area (Å²) in [5, 5.41) is 3.08. The first kappa shape index (κ1) is 17.7. The molecule has 5 heteroatoms. The lowest BCUT2D eigenvalue weighted by atomic mass is 9.75. The number of carbonyl (C=O) groups is 1. The van der Waals surface area contributed by atoms with Crippen LogP contribution in [0.1, 0.15) is 46.0 Å². The Morgan fingerprint density at radius 2 is 2.00 bits per heavy atom. The average Bonchev–Trinajstić information content (AvgIpc) is 2.29. The molecule has 0 bridgehead atoms. The van der Waals surface area contributed by atoms with E-state index >= 15 is 0 Å². The van der Waals surface area contributed by atoms with Gasteiger partial charge in [-0.3, -0.25) is 4.79 Å². The number of hydrogen-bond acceptors (Lipinski definition) is 3. The number of nitrogens with two attached hydrogens (primary N) is 1. The zero-order chi connectivity index (χ0) is 12.9. The van der Waals surface area contributed by atoms with Gasteiger partial charge in [0.25, 0.3) is 0 Å². The molecule has 0 heterocycles. The van der Waals surface area contributed by atoms with Crippen molar-refractivity contribution in [3.63, 3.8) is 0 Å². The van der Waals surface area contributed by atoms with Crippen molar-refractivity contribution < 1.29 is 9.53 Å². The molecule has 0 aromatic rings. The molecule has 1 rings (SSSR count). The van der Waals surface area contributed by atoms with Crippen molar-refractivity contribution in [3.05, 3.63) is 0 Å². The van der Waals surface area contributed by atoms with E-state index in [0.29, 0.717) is 24.4 Å². The number of amides is 1. The lowest BCUT2D eigenvalue weighted by Gasteiger charge is -2.34. The molecule has 0 aliphatic heterocycles. The summed E-state index contributed by atoms with van der Waals surface area (Å²) in [5.74, 6) is 0.0620. The van der Waals surface area contributed by atoms with E-state index in [0.717, 1.165) is 12.8 Å². The average molecular weight is 279 g/mol. The van der Waals surface area contributed by atoms with Crippen molar-refractivity contribution in [2.24, 2.45) is 11.1 Å². The molecule has 1 unspecified atom stereocenters. The summed E-state index contributed by atoms with van der Waals surface area (Å²) in [7, 11) is 1.59. The van der Waals surface area contributed by atoms with Crippen LogP contribution in [0.3, 0.4) is 0 Å². The standard InChI is InChI=1S/C13H26N2O2.ClH/c1-13(2)6-4-10(5-7-13)15-12(16)8-11(9-14)17-3;/h10-11H,4-9,14H2,1-3H3,(H,15,16);1H. The third-order valence-corrected chi connectivity index (χ3v) is 3.71. The highest BCUT2D eigenvalue weighted by Gasteiger charge is 2.27. The fourth-order valence-corrected chi connectivity index (χ4v) is 2.30. The predicted molar refractivity (Wildman–Crippen MR) is 75.9 cm³/mol. The van der Waals surface area contributed by atoms with Crippen LogP contribution < -0.4 is 11.1 Å². The van der Waals surface area contributed by atoms with E-state index in [1.54, 1.807) is 7.11 Å². The van der Waals surface area contributed by atoms with E-state index in [9.17, 15) is 4.79 Å². The molecule has 1 aliphatic carbocycles. The Morgan fingerprint density at radius 1 is 1.44 bits per heavy atom. The topological polar surface area (TPSA) is 64.3 Å². The highest BCUT2D eigenvalue weighted by molar-refractivity contribution is 5.85. The Bertz CT molecular complexity index is 245.